The normalized spacial score (nSPS) is 11.1. The Hall–Kier alpha value is -2.21. The number of benzene rings is 1. The van der Waals surface area contributed by atoms with Gasteiger partial charge in [-0.25, -0.2) is 4.39 Å². The summed E-state index contributed by atoms with van der Waals surface area (Å²) in [5.74, 6) is -0.229. The molecule has 0 aliphatic heterocycles. The number of halogens is 1. The quantitative estimate of drug-likeness (QED) is 0.769. The molecular formula is C16H15FN2. The van der Waals surface area contributed by atoms with Gasteiger partial charge >= 0.3 is 0 Å². The number of nitriles is 1. The molecule has 0 spiro atoms. The maximum Gasteiger partial charge on any atom is 0.127 e. The second-order valence-electron chi connectivity index (χ2n) is 5.52. The minimum atomic E-state index is -0.229. The summed E-state index contributed by atoms with van der Waals surface area (Å²) in [5.41, 5.74) is 2.40. The highest BCUT2D eigenvalue weighted by molar-refractivity contribution is 5.64. The molecule has 0 saturated carbocycles. The Morgan fingerprint density at radius 2 is 1.84 bits per heavy atom. The van der Waals surface area contributed by atoms with Crippen molar-refractivity contribution in [1.29, 1.82) is 5.26 Å². The third kappa shape index (κ3) is 2.79. The Kier molecular flexibility index (Phi) is 3.35. The average molecular weight is 254 g/mol. The van der Waals surface area contributed by atoms with Gasteiger partial charge in [-0.2, -0.15) is 5.26 Å². The van der Waals surface area contributed by atoms with Gasteiger partial charge in [-0.15, -0.1) is 0 Å². The van der Waals surface area contributed by atoms with Gasteiger partial charge in [0, 0.05) is 18.0 Å². The SMILES string of the molecule is CC(C)(C)c1ccc(-c2cncc(C#N)c2)cc1F. The summed E-state index contributed by atoms with van der Waals surface area (Å²) < 4.78 is 14.1. The first kappa shape index (κ1) is 13.2. The minimum Gasteiger partial charge on any atom is -0.263 e. The topological polar surface area (TPSA) is 36.7 Å². The van der Waals surface area contributed by atoms with Gasteiger partial charge in [-0.1, -0.05) is 32.9 Å². The van der Waals surface area contributed by atoms with Crippen molar-refractivity contribution in [2.75, 3.05) is 0 Å². The summed E-state index contributed by atoms with van der Waals surface area (Å²) in [7, 11) is 0. The summed E-state index contributed by atoms with van der Waals surface area (Å²) in [5, 5.41) is 8.85. The lowest BCUT2D eigenvalue weighted by Gasteiger charge is -2.20. The van der Waals surface area contributed by atoms with E-state index in [1.54, 1.807) is 18.3 Å². The number of hydrogen-bond donors (Lipinski definition) is 0. The maximum atomic E-state index is 14.1. The molecular weight excluding hydrogens is 239 g/mol. The molecule has 2 rings (SSSR count). The fourth-order valence-electron chi connectivity index (χ4n) is 1.96. The Balaban J connectivity index is 2.48. The summed E-state index contributed by atoms with van der Waals surface area (Å²) in [6.45, 7) is 5.93. The number of aromatic nitrogens is 1. The van der Waals surface area contributed by atoms with Crippen molar-refractivity contribution in [2.24, 2.45) is 0 Å². The lowest BCUT2D eigenvalue weighted by atomic mass is 9.85. The van der Waals surface area contributed by atoms with Crippen LogP contribution in [0.4, 0.5) is 4.39 Å². The number of rotatable bonds is 1. The first-order valence-corrected chi connectivity index (χ1v) is 6.07. The highest BCUT2D eigenvalue weighted by atomic mass is 19.1. The average Bonchev–Trinajstić information content (AvgIpc) is 2.37. The molecule has 0 aliphatic carbocycles. The monoisotopic (exact) mass is 254 g/mol. The fourth-order valence-corrected chi connectivity index (χ4v) is 1.96. The molecule has 0 amide bonds. The lowest BCUT2D eigenvalue weighted by molar-refractivity contribution is 0.523. The highest BCUT2D eigenvalue weighted by Crippen LogP contribution is 2.29. The first-order chi connectivity index (χ1) is 8.91. The molecule has 0 N–H and O–H groups in total. The Labute approximate surface area is 112 Å². The van der Waals surface area contributed by atoms with E-state index in [9.17, 15) is 4.39 Å². The first-order valence-electron chi connectivity index (χ1n) is 6.07. The van der Waals surface area contributed by atoms with E-state index < -0.39 is 0 Å². The molecule has 0 unspecified atom stereocenters. The molecule has 3 heteroatoms. The Bertz CT molecular complexity index is 649. The molecule has 0 saturated heterocycles. The maximum absolute atomic E-state index is 14.1. The van der Waals surface area contributed by atoms with Crippen molar-refractivity contribution < 1.29 is 4.39 Å². The van der Waals surface area contributed by atoms with Crippen molar-refractivity contribution in [1.82, 2.24) is 4.98 Å². The molecule has 1 heterocycles. The number of hydrogen-bond acceptors (Lipinski definition) is 2. The van der Waals surface area contributed by atoms with Crippen LogP contribution in [-0.4, -0.2) is 4.98 Å². The molecule has 1 aromatic carbocycles. The van der Waals surface area contributed by atoms with Gasteiger partial charge in [-0.05, 0) is 28.7 Å². The van der Waals surface area contributed by atoms with Crippen LogP contribution >= 0.6 is 0 Å². The molecule has 1 aromatic heterocycles. The molecule has 0 aliphatic rings. The second kappa shape index (κ2) is 4.81. The summed E-state index contributed by atoms with van der Waals surface area (Å²) in [4.78, 5) is 3.99. The molecule has 0 radical (unpaired) electrons. The van der Waals surface area contributed by atoms with Crippen LogP contribution in [0.5, 0.6) is 0 Å². The zero-order chi connectivity index (χ0) is 14.0. The van der Waals surface area contributed by atoms with E-state index in [0.29, 0.717) is 11.1 Å². The molecule has 96 valence electrons. The van der Waals surface area contributed by atoms with E-state index in [0.717, 1.165) is 11.1 Å². The smallest absolute Gasteiger partial charge is 0.127 e. The van der Waals surface area contributed by atoms with Crippen LogP contribution < -0.4 is 0 Å². The predicted molar refractivity (Wildman–Crippen MR) is 73.0 cm³/mol. The van der Waals surface area contributed by atoms with E-state index in [1.807, 2.05) is 32.9 Å². The summed E-state index contributed by atoms with van der Waals surface area (Å²) in [6, 6.07) is 8.90. The van der Waals surface area contributed by atoms with Crippen LogP contribution in [0.25, 0.3) is 11.1 Å². The Morgan fingerprint density at radius 1 is 1.11 bits per heavy atom. The van der Waals surface area contributed by atoms with Gasteiger partial charge in [0.1, 0.15) is 11.9 Å². The molecule has 2 nitrogen and oxygen atoms in total. The van der Waals surface area contributed by atoms with Gasteiger partial charge in [0.05, 0.1) is 5.56 Å². The van der Waals surface area contributed by atoms with E-state index in [4.69, 9.17) is 5.26 Å². The van der Waals surface area contributed by atoms with Crippen LogP contribution in [0.3, 0.4) is 0 Å². The molecule has 0 bridgehead atoms. The van der Waals surface area contributed by atoms with Crippen LogP contribution in [0, 0.1) is 17.1 Å². The summed E-state index contributed by atoms with van der Waals surface area (Å²) in [6.07, 6.45) is 3.12. The standard InChI is InChI=1S/C16H15FN2/c1-16(2,3)14-5-4-12(7-15(14)17)13-6-11(8-18)9-19-10-13/h4-7,9-10H,1-3H3. The van der Waals surface area contributed by atoms with E-state index >= 15 is 0 Å². The largest absolute Gasteiger partial charge is 0.263 e. The molecule has 2 aromatic rings. The van der Waals surface area contributed by atoms with Gasteiger partial charge in [0.15, 0.2) is 0 Å². The van der Waals surface area contributed by atoms with Gasteiger partial charge < -0.3 is 0 Å². The van der Waals surface area contributed by atoms with Crippen LogP contribution in [-0.2, 0) is 5.41 Å². The van der Waals surface area contributed by atoms with E-state index in [1.165, 1.54) is 12.3 Å². The highest BCUT2D eigenvalue weighted by Gasteiger charge is 2.18. The van der Waals surface area contributed by atoms with Crippen LogP contribution in [0.15, 0.2) is 36.7 Å². The van der Waals surface area contributed by atoms with Gasteiger partial charge in [0.25, 0.3) is 0 Å². The number of nitrogens with zero attached hydrogens (tertiary/aromatic N) is 2. The second-order valence-corrected chi connectivity index (χ2v) is 5.52. The minimum absolute atomic E-state index is 0.227. The van der Waals surface area contributed by atoms with Crippen molar-refractivity contribution >= 4 is 0 Å². The van der Waals surface area contributed by atoms with Crippen LogP contribution in [0.1, 0.15) is 31.9 Å². The fraction of sp³-hybridized carbons (Fsp3) is 0.250. The zero-order valence-electron chi connectivity index (χ0n) is 11.2. The number of pyridine rings is 1. The third-order valence-electron chi connectivity index (χ3n) is 2.98. The van der Waals surface area contributed by atoms with E-state index in [-0.39, 0.29) is 11.2 Å². The zero-order valence-corrected chi connectivity index (χ0v) is 11.2. The van der Waals surface area contributed by atoms with Crippen molar-refractivity contribution in [3.63, 3.8) is 0 Å². The Morgan fingerprint density at radius 3 is 2.42 bits per heavy atom. The van der Waals surface area contributed by atoms with Crippen molar-refractivity contribution in [3.8, 4) is 17.2 Å². The molecule has 0 atom stereocenters. The molecule has 19 heavy (non-hydrogen) atoms. The van der Waals surface area contributed by atoms with Crippen molar-refractivity contribution in [2.45, 2.75) is 26.2 Å². The van der Waals surface area contributed by atoms with Crippen LogP contribution in [0.2, 0.25) is 0 Å². The predicted octanol–water partition coefficient (Wildman–Crippen LogP) is 4.06. The van der Waals surface area contributed by atoms with Crippen molar-refractivity contribution in [3.05, 3.63) is 53.6 Å². The lowest BCUT2D eigenvalue weighted by Crippen LogP contribution is -2.13. The van der Waals surface area contributed by atoms with E-state index in [2.05, 4.69) is 4.98 Å². The molecule has 0 fully saturated rings. The third-order valence-corrected chi connectivity index (χ3v) is 2.98. The summed E-state index contributed by atoms with van der Waals surface area (Å²) >= 11 is 0. The van der Waals surface area contributed by atoms with Gasteiger partial charge in [0.2, 0.25) is 0 Å². The van der Waals surface area contributed by atoms with Gasteiger partial charge in [-0.3, -0.25) is 4.98 Å².